The molecule has 1 aliphatic heterocycles. The minimum Gasteiger partial charge on any atom is -0.481 e. The van der Waals surface area contributed by atoms with Gasteiger partial charge in [0.1, 0.15) is 0 Å². The number of nitrogens with zero attached hydrogens (tertiary/aromatic N) is 3. The van der Waals surface area contributed by atoms with Crippen molar-refractivity contribution in [3.8, 4) is 0 Å². The van der Waals surface area contributed by atoms with E-state index in [1.807, 2.05) is 24.0 Å². The molecule has 0 spiro atoms. The Morgan fingerprint density at radius 3 is 2.71 bits per heavy atom. The van der Waals surface area contributed by atoms with Crippen molar-refractivity contribution in [2.24, 2.45) is 5.92 Å². The van der Waals surface area contributed by atoms with Crippen molar-refractivity contribution < 1.29 is 14.7 Å². The summed E-state index contributed by atoms with van der Waals surface area (Å²) in [5.41, 5.74) is 1.16. The van der Waals surface area contributed by atoms with Gasteiger partial charge in [-0.3, -0.25) is 9.48 Å². The topological polar surface area (TPSA) is 87.5 Å². The number of piperidine rings is 1. The molecule has 0 atom stereocenters. The lowest BCUT2D eigenvalue weighted by molar-refractivity contribution is -0.136. The summed E-state index contributed by atoms with van der Waals surface area (Å²) in [6, 6.07) is -0.162. The van der Waals surface area contributed by atoms with E-state index in [9.17, 15) is 9.59 Å². The molecule has 1 aromatic rings. The number of aromatic nitrogens is 2. The lowest BCUT2D eigenvalue weighted by Crippen LogP contribution is -2.45. The predicted octanol–water partition coefficient (Wildman–Crippen LogP) is 1.09. The molecule has 7 heteroatoms. The van der Waals surface area contributed by atoms with Crippen molar-refractivity contribution in [2.75, 3.05) is 19.6 Å². The highest BCUT2D eigenvalue weighted by Gasteiger charge is 2.23. The molecule has 1 aliphatic rings. The molecular weight excluding hydrogens is 272 g/mol. The van der Waals surface area contributed by atoms with Crippen LogP contribution in [0.1, 0.15) is 24.8 Å². The maximum absolute atomic E-state index is 11.9. The summed E-state index contributed by atoms with van der Waals surface area (Å²) in [4.78, 5) is 24.0. The predicted molar refractivity (Wildman–Crippen MR) is 76.9 cm³/mol. The number of aryl methyl sites for hydroxylation is 1. The Morgan fingerprint density at radius 2 is 2.14 bits per heavy atom. The zero-order valence-electron chi connectivity index (χ0n) is 12.3. The van der Waals surface area contributed by atoms with Crippen LogP contribution in [-0.2, 0) is 11.3 Å². The Hall–Kier alpha value is -2.05. The summed E-state index contributed by atoms with van der Waals surface area (Å²) in [5, 5.41) is 15.5. The van der Waals surface area contributed by atoms with Crippen molar-refractivity contribution in [3.05, 3.63) is 18.0 Å². The first-order valence-corrected chi connectivity index (χ1v) is 7.28. The molecule has 1 saturated heterocycles. The van der Waals surface area contributed by atoms with E-state index >= 15 is 0 Å². The third-order valence-electron chi connectivity index (χ3n) is 3.72. The first kappa shape index (κ1) is 15.3. The van der Waals surface area contributed by atoms with Crippen LogP contribution < -0.4 is 5.32 Å². The largest absolute Gasteiger partial charge is 0.481 e. The minimum absolute atomic E-state index is 0.0408. The van der Waals surface area contributed by atoms with Crippen LogP contribution in [0.3, 0.4) is 0 Å². The maximum atomic E-state index is 11.9. The van der Waals surface area contributed by atoms with Gasteiger partial charge in [-0.2, -0.15) is 5.10 Å². The number of rotatable bonds is 5. The standard InChI is InChI=1S/C14H22N4O3/c1-11-8-16-18(9-11)10-12-3-6-17(7-4-12)14(21)15-5-2-13(19)20/h8-9,12H,2-7,10H2,1H3,(H,15,21)(H,19,20). The fraction of sp³-hybridized carbons (Fsp3) is 0.643. The van der Waals surface area contributed by atoms with E-state index in [1.54, 1.807) is 4.90 Å². The minimum atomic E-state index is -0.900. The molecule has 0 aromatic carbocycles. The Morgan fingerprint density at radius 1 is 1.43 bits per heavy atom. The number of carbonyl (C=O) groups is 2. The Labute approximate surface area is 123 Å². The molecular formula is C14H22N4O3. The Kier molecular flexibility index (Phi) is 5.19. The molecule has 0 radical (unpaired) electrons. The number of nitrogens with one attached hydrogen (secondary N) is 1. The normalized spacial score (nSPS) is 16.0. The summed E-state index contributed by atoms with van der Waals surface area (Å²) >= 11 is 0. The molecule has 2 amide bonds. The SMILES string of the molecule is Cc1cnn(CC2CCN(C(=O)NCCC(=O)O)CC2)c1. The van der Waals surface area contributed by atoms with Crippen molar-refractivity contribution >= 4 is 12.0 Å². The fourth-order valence-electron chi connectivity index (χ4n) is 2.54. The summed E-state index contributed by atoms with van der Waals surface area (Å²) in [5.74, 6) is -0.365. The fourth-order valence-corrected chi connectivity index (χ4v) is 2.54. The summed E-state index contributed by atoms with van der Waals surface area (Å²) in [6.07, 6.45) is 5.74. The number of amides is 2. The van der Waals surface area contributed by atoms with E-state index in [1.165, 1.54) is 0 Å². The number of aliphatic carboxylic acids is 1. The molecule has 0 saturated carbocycles. The average molecular weight is 294 g/mol. The number of likely N-dealkylation sites (tertiary alicyclic amines) is 1. The van der Waals surface area contributed by atoms with E-state index in [0.717, 1.165) is 24.9 Å². The first-order valence-electron chi connectivity index (χ1n) is 7.28. The van der Waals surface area contributed by atoms with Gasteiger partial charge in [0.15, 0.2) is 0 Å². The molecule has 0 aliphatic carbocycles. The third kappa shape index (κ3) is 4.77. The van der Waals surface area contributed by atoms with Gasteiger partial charge in [-0.25, -0.2) is 4.79 Å². The smallest absolute Gasteiger partial charge is 0.317 e. The highest BCUT2D eigenvalue weighted by atomic mass is 16.4. The van der Waals surface area contributed by atoms with Crippen molar-refractivity contribution in [1.29, 1.82) is 0 Å². The van der Waals surface area contributed by atoms with Gasteiger partial charge in [0, 0.05) is 32.4 Å². The van der Waals surface area contributed by atoms with Crippen LogP contribution in [0.15, 0.2) is 12.4 Å². The number of urea groups is 1. The summed E-state index contributed by atoms with van der Waals surface area (Å²) in [6.45, 7) is 4.52. The lowest BCUT2D eigenvalue weighted by Gasteiger charge is -2.31. The van der Waals surface area contributed by atoms with Gasteiger partial charge in [-0.1, -0.05) is 0 Å². The van der Waals surface area contributed by atoms with Crippen LogP contribution in [0, 0.1) is 12.8 Å². The van der Waals surface area contributed by atoms with Crippen LogP contribution in [0.4, 0.5) is 4.79 Å². The molecule has 1 fully saturated rings. The molecule has 0 unspecified atom stereocenters. The van der Waals surface area contributed by atoms with E-state index in [0.29, 0.717) is 19.0 Å². The maximum Gasteiger partial charge on any atom is 0.317 e. The third-order valence-corrected chi connectivity index (χ3v) is 3.72. The number of hydrogen-bond acceptors (Lipinski definition) is 3. The highest BCUT2D eigenvalue weighted by Crippen LogP contribution is 2.19. The molecule has 1 aromatic heterocycles. The average Bonchev–Trinajstić information content (AvgIpc) is 2.84. The highest BCUT2D eigenvalue weighted by molar-refractivity contribution is 5.75. The Bertz CT molecular complexity index is 492. The van der Waals surface area contributed by atoms with Crippen LogP contribution in [0.2, 0.25) is 0 Å². The van der Waals surface area contributed by atoms with E-state index in [-0.39, 0.29) is 19.0 Å². The molecule has 7 nitrogen and oxygen atoms in total. The van der Waals surface area contributed by atoms with Crippen molar-refractivity contribution in [2.45, 2.75) is 32.7 Å². The van der Waals surface area contributed by atoms with Gasteiger partial charge in [0.25, 0.3) is 0 Å². The van der Waals surface area contributed by atoms with Crippen molar-refractivity contribution in [1.82, 2.24) is 20.0 Å². The number of carboxylic acids is 1. The Balaban J connectivity index is 1.70. The summed E-state index contributed by atoms with van der Waals surface area (Å²) < 4.78 is 1.96. The molecule has 116 valence electrons. The number of hydrogen-bond donors (Lipinski definition) is 2. The van der Waals surface area contributed by atoms with Crippen LogP contribution in [-0.4, -0.2) is 51.4 Å². The lowest BCUT2D eigenvalue weighted by atomic mass is 9.97. The number of carboxylic acid groups (broad SMARTS) is 1. The van der Waals surface area contributed by atoms with Crippen LogP contribution >= 0.6 is 0 Å². The summed E-state index contributed by atoms with van der Waals surface area (Å²) in [7, 11) is 0. The molecule has 21 heavy (non-hydrogen) atoms. The number of carbonyl (C=O) groups excluding carboxylic acids is 1. The first-order chi connectivity index (χ1) is 10.0. The van der Waals surface area contributed by atoms with E-state index in [4.69, 9.17) is 5.11 Å². The van der Waals surface area contributed by atoms with Crippen molar-refractivity contribution in [3.63, 3.8) is 0 Å². The molecule has 2 heterocycles. The quantitative estimate of drug-likeness (QED) is 0.851. The second-order valence-corrected chi connectivity index (χ2v) is 5.55. The van der Waals surface area contributed by atoms with E-state index < -0.39 is 5.97 Å². The van der Waals surface area contributed by atoms with Crippen LogP contribution in [0.5, 0.6) is 0 Å². The van der Waals surface area contributed by atoms with Gasteiger partial charge in [-0.05, 0) is 31.2 Å². The van der Waals surface area contributed by atoms with Gasteiger partial charge < -0.3 is 15.3 Å². The van der Waals surface area contributed by atoms with Gasteiger partial charge >= 0.3 is 12.0 Å². The monoisotopic (exact) mass is 294 g/mol. The molecule has 2 N–H and O–H groups in total. The van der Waals surface area contributed by atoms with Gasteiger partial charge in [0.05, 0.1) is 12.6 Å². The van der Waals surface area contributed by atoms with Gasteiger partial charge in [-0.15, -0.1) is 0 Å². The van der Waals surface area contributed by atoms with E-state index in [2.05, 4.69) is 10.4 Å². The zero-order valence-corrected chi connectivity index (χ0v) is 12.3. The van der Waals surface area contributed by atoms with Gasteiger partial charge in [0.2, 0.25) is 0 Å². The zero-order chi connectivity index (χ0) is 15.2. The second kappa shape index (κ2) is 7.10. The second-order valence-electron chi connectivity index (χ2n) is 5.55. The molecule has 2 rings (SSSR count). The van der Waals surface area contributed by atoms with Crippen LogP contribution in [0.25, 0.3) is 0 Å². The molecule has 0 bridgehead atoms.